The van der Waals surface area contributed by atoms with Crippen LogP contribution in [0.4, 0.5) is 0 Å². The largest absolute Gasteiger partial charge is 0.451 e. The van der Waals surface area contributed by atoms with Crippen molar-refractivity contribution in [3.63, 3.8) is 0 Å². The summed E-state index contributed by atoms with van der Waals surface area (Å²) in [6.07, 6.45) is 4.52. The van der Waals surface area contributed by atoms with Crippen LogP contribution in [0.1, 0.15) is 48.9 Å². The van der Waals surface area contributed by atoms with Crippen LogP contribution in [0, 0.1) is 0 Å². The third kappa shape index (κ3) is 3.48. The summed E-state index contributed by atoms with van der Waals surface area (Å²) in [5, 5.41) is 0.557. The van der Waals surface area contributed by atoms with E-state index in [-0.39, 0.29) is 11.8 Å². The van der Waals surface area contributed by atoms with Gasteiger partial charge >= 0.3 is 5.97 Å². The Morgan fingerprint density at radius 2 is 1.75 bits per heavy atom. The zero-order valence-corrected chi connectivity index (χ0v) is 13.0. The van der Waals surface area contributed by atoms with Crippen molar-refractivity contribution >= 4 is 27.7 Å². The number of rotatable bonds is 5. The lowest BCUT2D eigenvalue weighted by atomic mass is 9.79. The molecule has 0 atom stereocenters. The highest BCUT2D eigenvalue weighted by atomic mass is 79.9. The number of hydrogen-bond acceptors (Lipinski definition) is 3. The molecule has 108 valence electrons. The first-order chi connectivity index (χ1) is 9.68. The van der Waals surface area contributed by atoms with Crippen LogP contribution in [0.15, 0.2) is 30.3 Å². The monoisotopic (exact) mass is 338 g/mol. The number of esters is 1. The van der Waals surface area contributed by atoms with Gasteiger partial charge in [0.15, 0.2) is 5.60 Å². The fraction of sp³-hybridized carbons (Fsp3) is 0.500. The van der Waals surface area contributed by atoms with Crippen molar-refractivity contribution in [2.24, 2.45) is 0 Å². The molecule has 1 fully saturated rings. The summed E-state index contributed by atoms with van der Waals surface area (Å²) in [6, 6.07) is 9.13. The average Bonchev–Trinajstić information content (AvgIpc) is 2.48. The lowest BCUT2D eigenvalue weighted by Crippen LogP contribution is -2.45. The molecule has 1 aliphatic rings. The van der Waals surface area contributed by atoms with Crippen LogP contribution in [0.3, 0.4) is 0 Å². The molecule has 0 N–H and O–H groups in total. The molecular weight excluding hydrogens is 320 g/mol. The molecule has 0 heterocycles. The second-order valence-electron chi connectivity index (χ2n) is 5.16. The van der Waals surface area contributed by atoms with E-state index in [0.717, 1.165) is 19.3 Å². The Morgan fingerprint density at radius 1 is 1.10 bits per heavy atom. The van der Waals surface area contributed by atoms with E-state index in [4.69, 9.17) is 4.74 Å². The number of hydrogen-bond donors (Lipinski definition) is 0. The molecule has 4 heteroatoms. The SMILES string of the molecule is O=C(CCBr)OC1(C(=O)c2ccccc2)CCCCC1. The first-order valence-electron chi connectivity index (χ1n) is 7.06. The van der Waals surface area contributed by atoms with Crippen LogP contribution in [0.2, 0.25) is 0 Å². The van der Waals surface area contributed by atoms with Crippen LogP contribution >= 0.6 is 15.9 Å². The van der Waals surface area contributed by atoms with Crippen molar-refractivity contribution in [3.05, 3.63) is 35.9 Å². The van der Waals surface area contributed by atoms with Crippen molar-refractivity contribution in [3.8, 4) is 0 Å². The van der Waals surface area contributed by atoms with Crippen LogP contribution in [0.5, 0.6) is 0 Å². The normalized spacial score (nSPS) is 17.4. The van der Waals surface area contributed by atoms with Crippen molar-refractivity contribution in [2.45, 2.75) is 44.1 Å². The van der Waals surface area contributed by atoms with Gasteiger partial charge in [-0.05, 0) is 25.7 Å². The van der Waals surface area contributed by atoms with Gasteiger partial charge in [0.1, 0.15) is 0 Å². The number of benzene rings is 1. The van der Waals surface area contributed by atoms with Crippen molar-refractivity contribution in [1.82, 2.24) is 0 Å². The predicted molar refractivity (Wildman–Crippen MR) is 81.1 cm³/mol. The van der Waals surface area contributed by atoms with Gasteiger partial charge in [-0.3, -0.25) is 9.59 Å². The van der Waals surface area contributed by atoms with Crippen LogP contribution in [-0.4, -0.2) is 22.7 Å². The molecule has 2 rings (SSSR count). The summed E-state index contributed by atoms with van der Waals surface area (Å²) in [6.45, 7) is 0. The number of ether oxygens (including phenoxy) is 1. The standard InChI is InChI=1S/C16H19BrO3/c17-12-9-14(18)20-16(10-5-2-6-11-16)15(19)13-7-3-1-4-8-13/h1,3-4,7-8H,2,5-6,9-12H2. The molecule has 3 nitrogen and oxygen atoms in total. The van der Waals surface area contributed by atoms with Gasteiger partial charge in [-0.2, -0.15) is 0 Å². The zero-order valence-electron chi connectivity index (χ0n) is 11.4. The van der Waals surface area contributed by atoms with Gasteiger partial charge in [0.25, 0.3) is 0 Å². The molecule has 0 unspecified atom stereocenters. The average molecular weight is 339 g/mol. The highest BCUT2D eigenvalue weighted by molar-refractivity contribution is 9.09. The van der Waals surface area contributed by atoms with Crippen LogP contribution < -0.4 is 0 Å². The fourth-order valence-corrected chi connectivity index (χ4v) is 3.02. The minimum Gasteiger partial charge on any atom is -0.451 e. The number of alkyl halides is 1. The summed E-state index contributed by atoms with van der Waals surface area (Å²) < 4.78 is 5.62. The lowest BCUT2D eigenvalue weighted by molar-refractivity contribution is -0.157. The van der Waals surface area contributed by atoms with E-state index in [2.05, 4.69) is 15.9 Å². The Balaban J connectivity index is 2.22. The first-order valence-corrected chi connectivity index (χ1v) is 8.18. The molecule has 0 radical (unpaired) electrons. The van der Waals surface area contributed by atoms with Gasteiger partial charge in [-0.25, -0.2) is 0 Å². The molecule has 20 heavy (non-hydrogen) atoms. The minimum atomic E-state index is -0.946. The predicted octanol–water partition coefficient (Wildman–Crippen LogP) is 3.90. The molecule has 0 aromatic heterocycles. The molecule has 0 aliphatic heterocycles. The second-order valence-corrected chi connectivity index (χ2v) is 5.96. The Morgan fingerprint density at radius 3 is 2.35 bits per heavy atom. The Labute approximate surface area is 127 Å². The molecule has 0 bridgehead atoms. The van der Waals surface area contributed by atoms with Gasteiger partial charge in [-0.15, -0.1) is 0 Å². The third-order valence-corrected chi connectivity index (χ3v) is 4.12. The summed E-state index contributed by atoms with van der Waals surface area (Å²) in [5.74, 6) is -0.353. The minimum absolute atomic E-state index is 0.0549. The topological polar surface area (TPSA) is 43.4 Å². The molecule has 0 spiro atoms. The van der Waals surface area contributed by atoms with E-state index < -0.39 is 5.60 Å². The maximum Gasteiger partial charge on any atom is 0.307 e. The van der Waals surface area contributed by atoms with Crippen molar-refractivity contribution in [2.75, 3.05) is 5.33 Å². The molecule has 1 aromatic rings. The van der Waals surface area contributed by atoms with Gasteiger partial charge in [0.2, 0.25) is 5.78 Å². The number of ketones is 1. The highest BCUT2D eigenvalue weighted by Gasteiger charge is 2.43. The smallest absolute Gasteiger partial charge is 0.307 e. The van der Waals surface area contributed by atoms with Crippen LogP contribution in [-0.2, 0) is 9.53 Å². The lowest BCUT2D eigenvalue weighted by Gasteiger charge is -2.35. The molecule has 1 aliphatic carbocycles. The van der Waals surface area contributed by atoms with Gasteiger partial charge in [0, 0.05) is 10.9 Å². The molecule has 0 saturated heterocycles. The number of carbonyl (C=O) groups excluding carboxylic acids is 2. The fourth-order valence-electron chi connectivity index (χ4n) is 2.70. The molecule has 1 saturated carbocycles. The first kappa shape index (κ1) is 15.2. The maximum absolute atomic E-state index is 12.8. The number of carbonyl (C=O) groups is 2. The second kappa shape index (κ2) is 7.02. The Hall–Kier alpha value is -1.16. The van der Waals surface area contributed by atoms with E-state index in [1.807, 2.05) is 18.2 Å². The van der Waals surface area contributed by atoms with Gasteiger partial charge in [-0.1, -0.05) is 52.7 Å². The molecule has 1 aromatic carbocycles. The van der Waals surface area contributed by atoms with Gasteiger partial charge in [0.05, 0.1) is 6.42 Å². The summed E-state index contributed by atoms with van der Waals surface area (Å²) >= 11 is 3.23. The summed E-state index contributed by atoms with van der Waals surface area (Å²) in [4.78, 5) is 24.6. The quantitative estimate of drug-likeness (QED) is 0.464. The van der Waals surface area contributed by atoms with Crippen molar-refractivity contribution < 1.29 is 14.3 Å². The summed E-state index contributed by atoms with van der Waals surface area (Å²) in [5.41, 5.74) is -0.320. The van der Waals surface area contributed by atoms with E-state index in [0.29, 0.717) is 30.2 Å². The highest BCUT2D eigenvalue weighted by Crippen LogP contribution is 2.35. The van der Waals surface area contributed by atoms with Gasteiger partial charge < -0.3 is 4.74 Å². The van der Waals surface area contributed by atoms with E-state index >= 15 is 0 Å². The van der Waals surface area contributed by atoms with Crippen LogP contribution in [0.25, 0.3) is 0 Å². The summed E-state index contributed by atoms with van der Waals surface area (Å²) in [7, 11) is 0. The Bertz CT molecular complexity index is 464. The number of halogens is 1. The van der Waals surface area contributed by atoms with Crippen molar-refractivity contribution in [1.29, 1.82) is 0 Å². The Kier molecular flexibility index (Phi) is 5.35. The number of Topliss-reactive ketones (excluding diaryl/α,β-unsaturated/α-hetero) is 1. The molecular formula is C16H19BrO3. The zero-order chi connectivity index (χ0) is 14.4. The van der Waals surface area contributed by atoms with E-state index in [9.17, 15) is 9.59 Å². The van der Waals surface area contributed by atoms with E-state index in [1.165, 1.54) is 0 Å². The third-order valence-electron chi connectivity index (χ3n) is 3.72. The van der Waals surface area contributed by atoms with E-state index in [1.54, 1.807) is 12.1 Å². The molecule has 0 amide bonds. The maximum atomic E-state index is 12.8.